The van der Waals surface area contributed by atoms with Gasteiger partial charge in [0.05, 0.1) is 23.0 Å². The first-order valence-electron chi connectivity index (χ1n) is 5.00. The topological polar surface area (TPSA) is 67.6 Å². The lowest BCUT2D eigenvalue weighted by Gasteiger charge is -2.00. The summed E-state index contributed by atoms with van der Waals surface area (Å²) in [4.78, 5) is 0. The zero-order chi connectivity index (χ0) is 11.5. The largest absolute Gasteiger partial charge is 0.326 e. The van der Waals surface area contributed by atoms with Crippen molar-refractivity contribution in [3.63, 3.8) is 0 Å². The number of hydrogen-bond acceptors (Lipinski definition) is 3. The Morgan fingerprint density at radius 2 is 2.31 bits per heavy atom. The fraction of sp³-hybridized carbons (Fsp3) is 0.167. The van der Waals surface area contributed by atoms with Crippen molar-refractivity contribution in [1.29, 1.82) is 5.26 Å². The fourth-order valence-corrected chi connectivity index (χ4v) is 1.55. The molecule has 0 amide bonds. The highest BCUT2D eigenvalue weighted by Crippen LogP contribution is 2.12. The Morgan fingerprint density at radius 1 is 1.50 bits per heavy atom. The molecule has 0 aliphatic heterocycles. The van der Waals surface area contributed by atoms with Crippen LogP contribution in [0.15, 0.2) is 30.5 Å². The molecule has 0 saturated carbocycles. The van der Waals surface area contributed by atoms with Gasteiger partial charge in [0.1, 0.15) is 0 Å². The number of aromatic nitrogens is 2. The highest BCUT2D eigenvalue weighted by molar-refractivity contribution is 5.41. The quantitative estimate of drug-likeness (QED) is 0.820. The predicted octanol–water partition coefficient (Wildman–Crippen LogP) is 1.51. The molecule has 2 rings (SSSR count). The molecule has 0 aliphatic carbocycles. The Balaban J connectivity index is 2.46. The van der Waals surface area contributed by atoms with E-state index in [0.717, 1.165) is 16.9 Å². The van der Waals surface area contributed by atoms with Gasteiger partial charge in [-0.1, -0.05) is 6.07 Å². The van der Waals surface area contributed by atoms with Crippen molar-refractivity contribution in [2.75, 3.05) is 0 Å². The van der Waals surface area contributed by atoms with E-state index in [0.29, 0.717) is 12.1 Å². The number of hydrogen-bond donors (Lipinski definition) is 1. The summed E-state index contributed by atoms with van der Waals surface area (Å²) in [7, 11) is 0. The Hall–Kier alpha value is -2.12. The van der Waals surface area contributed by atoms with E-state index < -0.39 is 0 Å². The average molecular weight is 212 g/mol. The van der Waals surface area contributed by atoms with Crippen LogP contribution in [-0.4, -0.2) is 9.78 Å². The second-order valence-corrected chi connectivity index (χ2v) is 3.55. The van der Waals surface area contributed by atoms with Gasteiger partial charge in [0.15, 0.2) is 0 Å². The summed E-state index contributed by atoms with van der Waals surface area (Å²) in [6.45, 7) is 2.40. The minimum atomic E-state index is 0.476. The number of nitriles is 1. The highest BCUT2D eigenvalue weighted by atomic mass is 15.3. The van der Waals surface area contributed by atoms with Crippen LogP contribution in [0.3, 0.4) is 0 Å². The summed E-state index contributed by atoms with van der Waals surface area (Å²) >= 11 is 0. The molecule has 2 aromatic rings. The third-order valence-corrected chi connectivity index (χ3v) is 2.46. The molecule has 0 aliphatic rings. The van der Waals surface area contributed by atoms with Crippen molar-refractivity contribution < 1.29 is 0 Å². The summed E-state index contributed by atoms with van der Waals surface area (Å²) < 4.78 is 1.75. The predicted molar refractivity (Wildman–Crippen MR) is 60.9 cm³/mol. The van der Waals surface area contributed by atoms with E-state index in [1.54, 1.807) is 16.8 Å². The molecule has 1 heterocycles. The molecule has 0 spiro atoms. The van der Waals surface area contributed by atoms with Crippen molar-refractivity contribution in [2.45, 2.75) is 13.5 Å². The summed E-state index contributed by atoms with van der Waals surface area (Å²) in [5.41, 5.74) is 9.03. The van der Waals surface area contributed by atoms with E-state index in [-0.39, 0.29) is 0 Å². The molecule has 4 heteroatoms. The molecule has 4 nitrogen and oxygen atoms in total. The van der Waals surface area contributed by atoms with Gasteiger partial charge in [-0.25, -0.2) is 4.68 Å². The molecule has 0 saturated heterocycles. The number of benzene rings is 1. The molecule has 0 bridgehead atoms. The van der Waals surface area contributed by atoms with Gasteiger partial charge < -0.3 is 5.73 Å². The fourth-order valence-electron chi connectivity index (χ4n) is 1.55. The van der Waals surface area contributed by atoms with Crippen LogP contribution in [0.4, 0.5) is 0 Å². The summed E-state index contributed by atoms with van der Waals surface area (Å²) in [6.07, 6.45) is 1.89. The number of nitrogens with two attached hydrogens (primary N) is 1. The lowest BCUT2D eigenvalue weighted by atomic mass is 10.2. The summed E-state index contributed by atoms with van der Waals surface area (Å²) in [5.74, 6) is 0. The summed E-state index contributed by atoms with van der Waals surface area (Å²) in [5, 5.41) is 13.2. The first-order valence-corrected chi connectivity index (χ1v) is 5.00. The van der Waals surface area contributed by atoms with E-state index in [1.807, 2.05) is 25.3 Å². The molecule has 16 heavy (non-hydrogen) atoms. The van der Waals surface area contributed by atoms with Gasteiger partial charge in [-0.15, -0.1) is 0 Å². The van der Waals surface area contributed by atoms with Gasteiger partial charge in [-0.05, 0) is 25.1 Å². The van der Waals surface area contributed by atoms with Gasteiger partial charge in [0.2, 0.25) is 0 Å². The van der Waals surface area contributed by atoms with Gasteiger partial charge >= 0.3 is 0 Å². The zero-order valence-corrected chi connectivity index (χ0v) is 9.01. The molecular formula is C12H12N4. The Labute approximate surface area is 93.9 Å². The molecule has 0 fully saturated rings. The van der Waals surface area contributed by atoms with Crippen molar-refractivity contribution >= 4 is 0 Å². The highest BCUT2D eigenvalue weighted by Gasteiger charge is 2.04. The maximum atomic E-state index is 8.82. The molecule has 0 unspecified atom stereocenters. The zero-order valence-electron chi connectivity index (χ0n) is 9.01. The van der Waals surface area contributed by atoms with E-state index in [9.17, 15) is 0 Å². The monoisotopic (exact) mass is 212 g/mol. The van der Waals surface area contributed by atoms with Gasteiger partial charge in [0, 0.05) is 18.3 Å². The first-order chi connectivity index (χ1) is 7.74. The van der Waals surface area contributed by atoms with Crippen LogP contribution in [0.5, 0.6) is 0 Å². The minimum Gasteiger partial charge on any atom is -0.326 e. The van der Waals surface area contributed by atoms with E-state index in [2.05, 4.69) is 11.2 Å². The van der Waals surface area contributed by atoms with E-state index in [1.165, 1.54) is 0 Å². The Bertz CT molecular complexity index is 548. The van der Waals surface area contributed by atoms with E-state index >= 15 is 0 Å². The van der Waals surface area contributed by atoms with Crippen molar-refractivity contribution in [1.82, 2.24) is 9.78 Å². The Morgan fingerprint density at radius 3 is 2.94 bits per heavy atom. The third kappa shape index (κ3) is 1.81. The van der Waals surface area contributed by atoms with Crippen LogP contribution < -0.4 is 5.73 Å². The third-order valence-electron chi connectivity index (χ3n) is 2.46. The van der Waals surface area contributed by atoms with E-state index in [4.69, 9.17) is 11.0 Å². The SMILES string of the molecule is Cc1nn(-c2cccc(C#N)c2)cc1CN. The maximum absolute atomic E-state index is 8.82. The molecule has 80 valence electrons. The lowest BCUT2D eigenvalue weighted by molar-refractivity contribution is 0.862. The second-order valence-electron chi connectivity index (χ2n) is 3.55. The normalized spacial score (nSPS) is 10.1. The first kappa shape index (κ1) is 10.4. The van der Waals surface area contributed by atoms with Crippen LogP contribution >= 0.6 is 0 Å². The van der Waals surface area contributed by atoms with Crippen molar-refractivity contribution in [3.05, 3.63) is 47.3 Å². The van der Waals surface area contributed by atoms with Crippen LogP contribution in [0.2, 0.25) is 0 Å². The molecule has 0 radical (unpaired) electrons. The molecule has 0 atom stereocenters. The molecular weight excluding hydrogens is 200 g/mol. The van der Waals surface area contributed by atoms with Crippen LogP contribution in [0.1, 0.15) is 16.8 Å². The number of rotatable bonds is 2. The maximum Gasteiger partial charge on any atom is 0.0992 e. The van der Waals surface area contributed by atoms with Crippen LogP contribution in [-0.2, 0) is 6.54 Å². The van der Waals surface area contributed by atoms with Gasteiger partial charge in [-0.3, -0.25) is 0 Å². The second kappa shape index (κ2) is 4.17. The molecule has 1 aromatic heterocycles. The number of nitrogens with zero attached hydrogens (tertiary/aromatic N) is 3. The number of aryl methyl sites for hydroxylation is 1. The van der Waals surface area contributed by atoms with Crippen molar-refractivity contribution in [2.24, 2.45) is 5.73 Å². The summed E-state index contributed by atoms with van der Waals surface area (Å²) in [6, 6.07) is 9.42. The van der Waals surface area contributed by atoms with Gasteiger partial charge in [-0.2, -0.15) is 10.4 Å². The Kier molecular flexibility index (Phi) is 2.71. The van der Waals surface area contributed by atoms with Crippen LogP contribution in [0.25, 0.3) is 5.69 Å². The molecule has 1 aromatic carbocycles. The smallest absolute Gasteiger partial charge is 0.0992 e. The minimum absolute atomic E-state index is 0.476. The average Bonchev–Trinajstić information content (AvgIpc) is 2.71. The standard InChI is InChI=1S/C12H12N4/c1-9-11(7-14)8-16(15-9)12-4-2-3-10(5-12)6-13/h2-5,8H,7,14H2,1H3. The van der Waals surface area contributed by atoms with Gasteiger partial charge in [0.25, 0.3) is 0 Å². The molecule has 2 N–H and O–H groups in total. The van der Waals surface area contributed by atoms with Crippen LogP contribution in [0, 0.1) is 18.3 Å². The lowest BCUT2D eigenvalue weighted by Crippen LogP contribution is -1.96. The van der Waals surface area contributed by atoms with Crippen molar-refractivity contribution in [3.8, 4) is 11.8 Å².